The van der Waals surface area contributed by atoms with Crippen molar-refractivity contribution in [1.82, 2.24) is 19.7 Å². The van der Waals surface area contributed by atoms with E-state index in [0.29, 0.717) is 29.3 Å². The van der Waals surface area contributed by atoms with Gasteiger partial charge in [-0.1, -0.05) is 6.07 Å². The van der Waals surface area contributed by atoms with Crippen LogP contribution in [0.2, 0.25) is 0 Å². The van der Waals surface area contributed by atoms with E-state index in [2.05, 4.69) is 20.4 Å². The van der Waals surface area contributed by atoms with Crippen LogP contribution in [0.4, 0.5) is 5.69 Å². The monoisotopic (exact) mass is 397 g/mol. The largest absolute Gasteiger partial charge is 0.462 e. The summed E-state index contributed by atoms with van der Waals surface area (Å²) in [6.45, 7) is 4.33. The molecular weight excluding hydrogens is 378 g/mol. The van der Waals surface area contributed by atoms with Crippen LogP contribution in [0.15, 0.2) is 34.4 Å². The summed E-state index contributed by atoms with van der Waals surface area (Å²) in [6, 6.07) is 3.91. The molecule has 0 amide bonds. The first-order chi connectivity index (χ1) is 13.6. The summed E-state index contributed by atoms with van der Waals surface area (Å²) in [5, 5.41) is 10.5. The Morgan fingerprint density at radius 2 is 2.29 bits per heavy atom. The van der Waals surface area contributed by atoms with Crippen LogP contribution in [0.25, 0.3) is 21.8 Å². The van der Waals surface area contributed by atoms with E-state index < -0.39 is 5.97 Å². The Labute approximate surface area is 165 Å². The van der Waals surface area contributed by atoms with E-state index >= 15 is 0 Å². The van der Waals surface area contributed by atoms with Crippen LogP contribution in [-0.4, -0.2) is 32.3 Å². The number of nitrogens with zero attached hydrogens (tertiary/aromatic N) is 4. The van der Waals surface area contributed by atoms with Gasteiger partial charge in [-0.3, -0.25) is 4.68 Å². The molecule has 0 fully saturated rings. The van der Waals surface area contributed by atoms with Crippen LogP contribution in [0.1, 0.15) is 28.7 Å². The van der Waals surface area contributed by atoms with Crippen LogP contribution in [0.3, 0.4) is 0 Å². The minimum Gasteiger partial charge on any atom is -0.462 e. The van der Waals surface area contributed by atoms with Crippen molar-refractivity contribution < 1.29 is 13.9 Å². The summed E-state index contributed by atoms with van der Waals surface area (Å²) >= 11 is 1.57. The number of pyridine rings is 1. The molecule has 0 saturated carbocycles. The van der Waals surface area contributed by atoms with Gasteiger partial charge in [0.2, 0.25) is 5.89 Å². The average molecular weight is 397 g/mol. The highest BCUT2D eigenvalue weighted by molar-refractivity contribution is 7.13. The number of carbonyl (C=O) groups is 1. The Morgan fingerprint density at radius 1 is 1.43 bits per heavy atom. The molecule has 4 aromatic rings. The summed E-state index contributed by atoms with van der Waals surface area (Å²) < 4.78 is 12.4. The summed E-state index contributed by atoms with van der Waals surface area (Å²) in [5.41, 5.74) is 3.19. The number of oxazole rings is 1. The molecule has 1 N–H and O–H groups in total. The Kier molecular flexibility index (Phi) is 4.82. The number of hydrogen-bond donors (Lipinski definition) is 1. The van der Waals surface area contributed by atoms with Crippen molar-refractivity contribution >= 4 is 34.0 Å². The highest BCUT2D eigenvalue weighted by atomic mass is 32.1. The topological polar surface area (TPSA) is 95.1 Å². The zero-order valence-corrected chi connectivity index (χ0v) is 16.5. The quantitative estimate of drug-likeness (QED) is 0.495. The number of nitrogens with one attached hydrogen (secondary N) is 1. The van der Waals surface area contributed by atoms with Crippen molar-refractivity contribution in [2.75, 3.05) is 11.9 Å². The summed E-state index contributed by atoms with van der Waals surface area (Å²) in [7, 11) is 1.82. The average Bonchev–Trinajstić information content (AvgIpc) is 3.41. The number of ether oxygens (including phenoxy) is 1. The Hall–Kier alpha value is -3.20. The van der Waals surface area contributed by atoms with E-state index in [1.54, 1.807) is 29.2 Å². The highest BCUT2D eigenvalue weighted by Gasteiger charge is 2.21. The summed E-state index contributed by atoms with van der Waals surface area (Å²) in [6.07, 6.45) is 3.13. The smallest absolute Gasteiger partial charge is 0.341 e. The number of aryl methyl sites for hydroxylation is 2. The van der Waals surface area contributed by atoms with Gasteiger partial charge in [0.25, 0.3) is 0 Å². The molecule has 0 atom stereocenters. The van der Waals surface area contributed by atoms with Crippen molar-refractivity contribution in [1.29, 1.82) is 0 Å². The zero-order chi connectivity index (χ0) is 19.7. The molecule has 144 valence electrons. The molecule has 0 aliphatic carbocycles. The van der Waals surface area contributed by atoms with Gasteiger partial charge in [0.15, 0.2) is 5.65 Å². The molecule has 0 radical (unpaired) electrons. The van der Waals surface area contributed by atoms with E-state index in [0.717, 1.165) is 21.7 Å². The third-order valence-electron chi connectivity index (χ3n) is 4.25. The maximum Gasteiger partial charge on any atom is 0.341 e. The third kappa shape index (κ3) is 3.24. The lowest BCUT2D eigenvalue weighted by Crippen LogP contribution is -2.11. The van der Waals surface area contributed by atoms with Gasteiger partial charge in [-0.15, -0.1) is 11.3 Å². The van der Waals surface area contributed by atoms with Gasteiger partial charge in [-0.05, 0) is 25.3 Å². The molecule has 9 heteroatoms. The maximum absolute atomic E-state index is 12.4. The molecule has 0 bridgehead atoms. The predicted octanol–water partition coefficient (Wildman–Crippen LogP) is 3.78. The fraction of sp³-hybridized carbons (Fsp3) is 0.263. The molecule has 0 unspecified atom stereocenters. The van der Waals surface area contributed by atoms with Crippen LogP contribution < -0.4 is 5.32 Å². The molecule has 0 aliphatic rings. The number of hydrogen-bond acceptors (Lipinski definition) is 8. The van der Waals surface area contributed by atoms with Gasteiger partial charge in [0.05, 0.1) is 40.5 Å². The Morgan fingerprint density at radius 3 is 3.04 bits per heavy atom. The highest BCUT2D eigenvalue weighted by Crippen LogP contribution is 2.30. The summed E-state index contributed by atoms with van der Waals surface area (Å²) in [4.78, 5) is 22.3. The SMILES string of the molecule is CCOC(=O)c1cnc2c(c(C)nn2C)c1NCc1coc(-c2cccs2)n1. The van der Waals surface area contributed by atoms with Crippen molar-refractivity contribution in [3.05, 3.63) is 46.9 Å². The molecule has 4 rings (SSSR count). The Balaban J connectivity index is 1.68. The maximum atomic E-state index is 12.4. The van der Waals surface area contributed by atoms with Gasteiger partial charge in [-0.2, -0.15) is 5.10 Å². The van der Waals surface area contributed by atoms with Gasteiger partial charge in [-0.25, -0.2) is 14.8 Å². The van der Waals surface area contributed by atoms with Crippen molar-refractivity contribution in [3.63, 3.8) is 0 Å². The van der Waals surface area contributed by atoms with Gasteiger partial charge in [0, 0.05) is 13.2 Å². The number of anilines is 1. The second kappa shape index (κ2) is 7.43. The second-order valence-electron chi connectivity index (χ2n) is 6.15. The van der Waals surface area contributed by atoms with Crippen molar-refractivity contribution in [2.45, 2.75) is 20.4 Å². The van der Waals surface area contributed by atoms with Crippen LogP contribution in [0.5, 0.6) is 0 Å². The standard InChI is InChI=1S/C19H19N5O3S/c1-4-26-19(25)13-9-21-17-15(11(2)23-24(17)3)16(13)20-8-12-10-27-18(22-12)14-6-5-7-28-14/h5-7,9-10H,4,8H2,1-3H3,(H,20,21). The summed E-state index contributed by atoms with van der Waals surface area (Å²) in [5.74, 6) is 0.150. The third-order valence-corrected chi connectivity index (χ3v) is 5.11. The van der Waals surface area contributed by atoms with Crippen LogP contribution >= 0.6 is 11.3 Å². The van der Waals surface area contributed by atoms with E-state index in [1.807, 2.05) is 31.5 Å². The molecule has 0 aliphatic heterocycles. The molecule has 0 saturated heterocycles. The molecule has 0 spiro atoms. The fourth-order valence-corrected chi connectivity index (χ4v) is 3.69. The minimum atomic E-state index is -0.429. The van der Waals surface area contributed by atoms with Gasteiger partial charge < -0.3 is 14.5 Å². The number of carbonyl (C=O) groups excluding carboxylic acids is 1. The lowest BCUT2D eigenvalue weighted by Gasteiger charge is -2.12. The molecule has 8 nitrogen and oxygen atoms in total. The molecule has 4 aromatic heterocycles. The second-order valence-corrected chi connectivity index (χ2v) is 7.10. The van der Waals surface area contributed by atoms with Gasteiger partial charge in [0.1, 0.15) is 11.8 Å². The first kappa shape index (κ1) is 18.2. The molecule has 0 aromatic carbocycles. The fourth-order valence-electron chi connectivity index (χ4n) is 3.04. The van der Waals surface area contributed by atoms with E-state index in [-0.39, 0.29) is 6.61 Å². The first-order valence-electron chi connectivity index (χ1n) is 8.80. The minimum absolute atomic E-state index is 0.287. The number of esters is 1. The molecule has 28 heavy (non-hydrogen) atoms. The molecular formula is C19H19N5O3S. The van der Waals surface area contributed by atoms with Crippen LogP contribution in [-0.2, 0) is 18.3 Å². The lowest BCUT2D eigenvalue weighted by atomic mass is 10.1. The first-order valence-corrected chi connectivity index (χ1v) is 9.68. The number of thiophene rings is 1. The van der Waals surface area contributed by atoms with E-state index in [1.165, 1.54) is 6.20 Å². The van der Waals surface area contributed by atoms with E-state index in [9.17, 15) is 4.79 Å². The van der Waals surface area contributed by atoms with Crippen molar-refractivity contribution in [2.24, 2.45) is 7.05 Å². The van der Waals surface area contributed by atoms with Crippen LogP contribution in [0, 0.1) is 6.92 Å². The predicted molar refractivity (Wildman–Crippen MR) is 106 cm³/mol. The van der Waals surface area contributed by atoms with Crippen molar-refractivity contribution in [3.8, 4) is 10.8 Å². The van der Waals surface area contributed by atoms with E-state index in [4.69, 9.17) is 9.15 Å². The number of aromatic nitrogens is 4. The molecule has 4 heterocycles. The number of fused-ring (bicyclic) bond motifs is 1. The normalized spacial score (nSPS) is 11.1. The zero-order valence-electron chi connectivity index (χ0n) is 15.7. The van der Waals surface area contributed by atoms with Gasteiger partial charge >= 0.3 is 5.97 Å². The lowest BCUT2D eigenvalue weighted by molar-refractivity contribution is 0.0527. The number of rotatable bonds is 6. The Bertz CT molecular complexity index is 1130.